The van der Waals surface area contributed by atoms with Gasteiger partial charge < -0.3 is 23.8 Å². The highest BCUT2D eigenvalue weighted by atomic mass is 16.6. The van der Waals surface area contributed by atoms with Crippen molar-refractivity contribution in [2.24, 2.45) is 0 Å². The van der Waals surface area contributed by atoms with E-state index in [0.29, 0.717) is 23.9 Å². The number of benzene rings is 2. The lowest BCUT2D eigenvalue weighted by Gasteiger charge is -2.14. The van der Waals surface area contributed by atoms with Crippen LogP contribution in [0.4, 0.5) is 0 Å². The third-order valence-corrected chi connectivity index (χ3v) is 3.36. The lowest BCUT2D eigenvalue weighted by molar-refractivity contribution is -0.138. The summed E-state index contributed by atoms with van der Waals surface area (Å²) in [5.41, 5.74) is 1.05. The SMILES string of the molecule is COC(=O)/C(=C/N(C)C)Oc1ccc(OCc2ccccc2)c(OC)c1. The number of rotatable bonds is 8. The molecule has 0 aliphatic rings. The van der Waals surface area contributed by atoms with Gasteiger partial charge in [-0.2, -0.15) is 0 Å². The number of methoxy groups -OCH3 is 2. The fourth-order valence-corrected chi connectivity index (χ4v) is 2.15. The standard InChI is InChI=1S/C20H23NO5/c1-21(2)13-19(20(22)24-4)26-16-10-11-17(18(12-16)23-3)25-14-15-8-6-5-7-9-15/h5-13H,14H2,1-4H3/b19-13-. The first kappa shape index (κ1) is 19.2. The molecule has 0 radical (unpaired) electrons. The molecule has 0 N–H and O–H groups in total. The van der Waals surface area contributed by atoms with Crippen LogP contribution in [0.25, 0.3) is 0 Å². The molecule has 0 fully saturated rings. The maximum Gasteiger partial charge on any atom is 0.375 e. The second-order valence-corrected chi connectivity index (χ2v) is 5.64. The molecule has 0 bridgehead atoms. The summed E-state index contributed by atoms with van der Waals surface area (Å²) in [5, 5.41) is 0. The highest BCUT2D eigenvalue weighted by molar-refractivity contribution is 5.86. The lowest BCUT2D eigenvalue weighted by atomic mass is 10.2. The van der Waals surface area contributed by atoms with E-state index in [1.165, 1.54) is 13.3 Å². The Hall–Kier alpha value is -3.15. The zero-order valence-electron chi connectivity index (χ0n) is 15.4. The summed E-state index contributed by atoms with van der Waals surface area (Å²) in [5.74, 6) is 1.03. The van der Waals surface area contributed by atoms with E-state index in [1.54, 1.807) is 44.3 Å². The lowest BCUT2D eigenvalue weighted by Crippen LogP contribution is -2.15. The van der Waals surface area contributed by atoms with Crippen LogP contribution < -0.4 is 14.2 Å². The molecule has 0 atom stereocenters. The first-order valence-corrected chi connectivity index (χ1v) is 8.02. The summed E-state index contributed by atoms with van der Waals surface area (Å²) in [6.07, 6.45) is 1.54. The average Bonchev–Trinajstić information content (AvgIpc) is 2.66. The normalized spacial score (nSPS) is 10.8. The molecule has 0 aliphatic heterocycles. The molecule has 6 nitrogen and oxygen atoms in total. The molecule has 0 amide bonds. The van der Waals surface area contributed by atoms with Crippen molar-refractivity contribution in [3.63, 3.8) is 0 Å². The minimum Gasteiger partial charge on any atom is -0.493 e. The summed E-state index contributed by atoms with van der Waals surface area (Å²) in [4.78, 5) is 13.5. The number of hydrogen-bond acceptors (Lipinski definition) is 6. The van der Waals surface area contributed by atoms with Crippen LogP contribution in [-0.4, -0.2) is 39.2 Å². The highest BCUT2D eigenvalue weighted by Gasteiger charge is 2.15. The fourth-order valence-electron chi connectivity index (χ4n) is 2.15. The molecular formula is C20H23NO5. The molecule has 138 valence electrons. The van der Waals surface area contributed by atoms with Crippen LogP contribution >= 0.6 is 0 Å². The maximum atomic E-state index is 11.8. The zero-order chi connectivity index (χ0) is 18.9. The molecule has 0 saturated heterocycles. The molecule has 2 rings (SSSR count). The summed E-state index contributed by atoms with van der Waals surface area (Å²) in [6, 6.07) is 14.9. The molecule has 2 aromatic carbocycles. The number of nitrogens with zero attached hydrogens (tertiary/aromatic N) is 1. The minimum absolute atomic E-state index is 0.0671. The van der Waals surface area contributed by atoms with Gasteiger partial charge in [0.15, 0.2) is 11.5 Å². The largest absolute Gasteiger partial charge is 0.493 e. The molecule has 0 aromatic heterocycles. The molecule has 6 heteroatoms. The second kappa shape index (κ2) is 9.36. The Labute approximate surface area is 153 Å². The van der Waals surface area contributed by atoms with Gasteiger partial charge >= 0.3 is 5.97 Å². The number of esters is 1. The van der Waals surface area contributed by atoms with Crippen LogP contribution in [0.1, 0.15) is 5.56 Å². The average molecular weight is 357 g/mol. The quantitative estimate of drug-likeness (QED) is 0.411. The molecule has 0 spiro atoms. The van der Waals surface area contributed by atoms with Crippen LogP contribution in [-0.2, 0) is 16.1 Å². The van der Waals surface area contributed by atoms with E-state index in [1.807, 2.05) is 30.3 Å². The third kappa shape index (κ3) is 5.44. The van der Waals surface area contributed by atoms with Crippen molar-refractivity contribution < 1.29 is 23.7 Å². The van der Waals surface area contributed by atoms with Gasteiger partial charge in [-0.25, -0.2) is 4.79 Å². The third-order valence-electron chi connectivity index (χ3n) is 3.36. The van der Waals surface area contributed by atoms with Crippen LogP contribution in [0.2, 0.25) is 0 Å². The van der Waals surface area contributed by atoms with Crippen LogP contribution in [0.5, 0.6) is 17.2 Å². The van der Waals surface area contributed by atoms with E-state index in [2.05, 4.69) is 0 Å². The van der Waals surface area contributed by atoms with Crippen molar-refractivity contribution in [1.29, 1.82) is 0 Å². The number of carbonyl (C=O) groups excluding carboxylic acids is 1. The van der Waals surface area contributed by atoms with Crippen LogP contribution in [0, 0.1) is 0 Å². The Kier molecular flexibility index (Phi) is 6.91. The van der Waals surface area contributed by atoms with E-state index in [0.717, 1.165) is 5.56 Å². The molecule has 0 unspecified atom stereocenters. The molecule has 26 heavy (non-hydrogen) atoms. The Morgan fingerprint density at radius 2 is 1.77 bits per heavy atom. The summed E-state index contributed by atoms with van der Waals surface area (Å²) in [6.45, 7) is 0.422. The number of carbonyl (C=O) groups is 1. The van der Waals surface area contributed by atoms with Crippen molar-refractivity contribution in [3.8, 4) is 17.2 Å². The Morgan fingerprint density at radius 3 is 2.38 bits per heavy atom. The predicted octanol–water partition coefficient (Wildman–Crippen LogP) is 3.23. The first-order valence-electron chi connectivity index (χ1n) is 8.02. The van der Waals surface area contributed by atoms with Crippen molar-refractivity contribution in [2.45, 2.75) is 6.61 Å². The number of hydrogen-bond donors (Lipinski definition) is 0. The zero-order valence-corrected chi connectivity index (χ0v) is 15.4. The summed E-state index contributed by atoms with van der Waals surface area (Å²) < 4.78 is 21.6. The maximum absolute atomic E-state index is 11.8. The highest BCUT2D eigenvalue weighted by Crippen LogP contribution is 2.32. The monoisotopic (exact) mass is 357 g/mol. The van der Waals surface area contributed by atoms with E-state index in [4.69, 9.17) is 18.9 Å². The minimum atomic E-state index is -0.568. The summed E-state index contributed by atoms with van der Waals surface area (Å²) in [7, 11) is 6.42. The molecule has 0 heterocycles. The van der Waals surface area contributed by atoms with Gasteiger partial charge in [-0.1, -0.05) is 30.3 Å². The van der Waals surface area contributed by atoms with E-state index >= 15 is 0 Å². The second-order valence-electron chi connectivity index (χ2n) is 5.64. The van der Waals surface area contributed by atoms with Gasteiger partial charge in [0.1, 0.15) is 12.4 Å². The van der Waals surface area contributed by atoms with Crippen molar-refractivity contribution >= 4 is 5.97 Å². The fraction of sp³-hybridized carbons (Fsp3) is 0.250. The molecule has 2 aromatic rings. The van der Waals surface area contributed by atoms with Crippen molar-refractivity contribution in [3.05, 3.63) is 66.1 Å². The predicted molar refractivity (Wildman–Crippen MR) is 98.2 cm³/mol. The van der Waals surface area contributed by atoms with Crippen LogP contribution in [0.15, 0.2) is 60.5 Å². The van der Waals surface area contributed by atoms with Gasteiger partial charge in [-0.05, 0) is 17.7 Å². The topological polar surface area (TPSA) is 57.2 Å². The van der Waals surface area contributed by atoms with Gasteiger partial charge in [0, 0.05) is 26.4 Å². The Balaban J connectivity index is 2.15. The molecule has 0 saturated carbocycles. The first-order chi connectivity index (χ1) is 12.5. The van der Waals surface area contributed by atoms with Gasteiger partial charge in [-0.3, -0.25) is 0 Å². The van der Waals surface area contributed by atoms with E-state index in [-0.39, 0.29) is 5.76 Å². The molecule has 0 aliphatic carbocycles. The number of ether oxygens (including phenoxy) is 4. The van der Waals surface area contributed by atoms with Crippen molar-refractivity contribution in [2.75, 3.05) is 28.3 Å². The Morgan fingerprint density at radius 1 is 1.04 bits per heavy atom. The molecular weight excluding hydrogens is 334 g/mol. The Bertz CT molecular complexity index is 756. The van der Waals surface area contributed by atoms with Crippen LogP contribution in [0.3, 0.4) is 0 Å². The summed E-state index contributed by atoms with van der Waals surface area (Å²) >= 11 is 0. The smallest absolute Gasteiger partial charge is 0.375 e. The van der Waals surface area contributed by atoms with E-state index < -0.39 is 5.97 Å². The van der Waals surface area contributed by atoms with Gasteiger partial charge in [-0.15, -0.1) is 0 Å². The van der Waals surface area contributed by atoms with Gasteiger partial charge in [0.2, 0.25) is 5.76 Å². The van der Waals surface area contributed by atoms with Gasteiger partial charge in [0.25, 0.3) is 0 Å². The van der Waals surface area contributed by atoms with Gasteiger partial charge in [0.05, 0.1) is 14.2 Å². The van der Waals surface area contributed by atoms with Crippen molar-refractivity contribution in [1.82, 2.24) is 4.90 Å². The van der Waals surface area contributed by atoms with E-state index in [9.17, 15) is 4.79 Å².